The summed E-state index contributed by atoms with van der Waals surface area (Å²) in [7, 11) is 1.26. The van der Waals surface area contributed by atoms with Crippen LogP contribution in [0.5, 0.6) is 5.75 Å². The molecular formula is C15H11ClO5. The zero-order valence-electron chi connectivity index (χ0n) is 11.0. The summed E-state index contributed by atoms with van der Waals surface area (Å²) in [6.45, 7) is 0. The van der Waals surface area contributed by atoms with Crippen LogP contribution >= 0.6 is 11.6 Å². The van der Waals surface area contributed by atoms with Crippen molar-refractivity contribution >= 4 is 23.5 Å². The molecule has 0 aromatic heterocycles. The van der Waals surface area contributed by atoms with Crippen LogP contribution < -0.4 is 0 Å². The molecular weight excluding hydrogens is 296 g/mol. The average molecular weight is 307 g/mol. The van der Waals surface area contributed by atoms with Crippen LogP contribution in [0.15, 0.2) is 36.4 Å². The van der Waals surface area contributed by atoms with E-state index < -0.39 is 11.9 Å². The minimum Gasteiger partial charge on any atom is -0.507 e. The van der Waals surface area contributed by atoms with Gasteiger partial charge in [0.25, 0.3) is 0 Å². The zero-order chi connectivity index (χ0) is 15.6. The van der Waals surface area contributed by atoms with Crippen molar-refractivity contribution in [2.24, 2.45) is 0 Å². The lowest BCUT2D eigenvalue weighted by Crippen LogP contribution is -2.01. The monoisotopic (exact) mass is 306 g/mol. The van der Waals surface area contributed by atoms with Crippen LogP contribution in [0.1, 0.15) is 20.7 Å². The van der Waals surface area contributed by atoms with Crippen LogP contribution in [0.3, 0.4) is 0 Å². The molecule has 0 bridgehead atoms. The van der Waals surface area contributed by atoms with Gasteiger partial charge in [-0.3, -0.25) is 0 Å². The van der Waals surface area contributed by atoms with Gasteiger partial charge in [-0.15, -0.1) is 0 Å². The second-order valence-corrected chi connectivity index (χ2v) is 4.63. The number of carboxylic acid groups (broad SMARTS) is 1. The van der Waals surface area contributed by atoms with E-state index in [1.807, 2.05) is 0 Å². The molecule has 0 saturated carbocycles. The van der Waals surface area contributed by atoms with Gasteiger partial charge in [-0.2, -0.15) is 0 Å². The maximum absolute atomic E-state index is 11.5. The second-order valence-electron chi connectivity index (χ2n) is 4.22. The largest absolute Gasteiger partial charge is 0.507 e. The van der Waals surface area contributed by atoms with E-state index in [2.05, 4.69) is 4.74 Å². The van der Waals surface area contributed by atoms with Crippen molar-refractivity contribution in [3.8, 4) is 16.9 Å². The number of aromatic carboxylic acids is 1. The van der Waals surface area contributed by atoms with E-state index in [0.717, 1.165) is 6.07 Å². The Bertz CT molecular complexity index is 724. The highest BCUT2D eigenvalue weighted by Crippen LogP contribution is 2.35. The fourth-order valence-corrected chi connectivity index (χ4v) is 2.09. The first-order chi connectivity index (χ1) is 9.93. The molecule has 0 amide bonds. The molecule has 2 rings (SSSR count). The standard InChI is InChI=1S/C15H11ClO5/c1-21-15(20)9-3-5-12(16)11(6-9)10-4-2-8(14(18)19)7-13(10)17/h2-7,17H,1H3,(H,18,19). The Labute approximate surface area is 125 Å². The summed E-state index contributed by atoms with van der Waals surface area (Å²) in [5, 5.41) is 19.2. The highest BCUT2D eigenvalue weighted by Gasteiger charge is 2.14. The molecule has 5 nitrogen and oxygen atoms in total. The molecule has 0 aliphatic heterocycles. The molecule has 0 aliphatic rings. The maximum Gasteiger partial charge on any atom is 0.337 e. The van der Waals surface area contributed by atoms with E-state index in [0.29, 0.717) is 16.1 Å². The molecule has 0 radical (unpaired) electrons. The number of hydrogen-bond acceptors (Lipinski definition) is 4. The third kappa shape index (κ3) is 2.98. The Hall–Kier alpha value is -2.53. The average Bonchev–Trinajstić information content (AvgIpc) is 2.47. The third-order valence-electron chi connectivity index (χ3n) is 2.92. The van der Waals surface area contributed by atoms with Crippen molar-refractivity contribution in [2.45, 2.75) is 0 Å². The Kier molecular flexibility index (Phi) is 4.14. The summed E-state index contributed by atoms with van der Waals surface area (Å²) < 4.78 is 4.63. The molecule has 108 valence electrons. The highest BCUT2D eigenvalue weighted by atomic mass is 35.5. The normalized spacial score (nSPS) is 10.2. The molecule has 2 aromatic carbocycles. The van der Waals surface area contributed by atoms with E-state index in [1.54, 1.807) is 0 Å². The van der Waals surface area contributed by atoms with Gasteiger partial charge in [0.05, 0.1) is 18.2 Å². The molecule has 0 saturated heterocycles. The molecule has 0 atom stereocenters. The number of methoxy groups -OCH3 is 1. The van der Waals surface area contributed by atoms with Crippen molar-refractivity contribution < 1.29 is 24.5 Å². The fourth-order valence-electron chi connectivity index (χ4n) is 1.87. The van der Waals surface area contributed by atoms with Crippen LogP contribution in [-0.4, -0.2) is 29.3 Å². The number of phenolic OH excluding ortho intramolecular Hbond substituents is 1. The topological polar surface area (TPSA) is 83.8 Å². The second kappa shape index (κ2) is 5.85. The first-order valence-electron chi connectivity index (χ1n) is 5.88. The molecule has 0 spiro atoms. The lowest BCUT2D eigenvalue weighted by molar-refractivity contribution is 0.0600. The minimum absolute atomic E-state index is 0.0449. The number of rotatable bonds is 3. The predicted molar refractivity (Wildman–Crippen MR) is 76.9 cm³/mol. The van der Waals surface area contributed by atoms with E-state index in [9.17, 15) is 14.7 Å². The van der Waals surface area contributed by atoms with E-state index in [4.69, 9.17) is 16.7 Å². The number of carboxylic acids is 1. The Balaban J connectivity index is 2.56. The molecule has 2 N–H and O–H groups in total. The fraction of sp³-hybridized carbons (Fsp3) is 0.0667. The molecule has 0 unspecified atom stereocenters. The Morgan fingerprint density at radius 3 is 2.29 bits per heavy atom. The summed E-state index contributed by atoms with van der Waals surface area (Å²) >= 11 is 6.07. The first-order valence-corrected chi connectivity index (χ1v) is 6.26. The number of benzene rings is 2. The number of phenols is 1. The SMILES string of the molecule is COC(=O)c1ccc(Cl)c(-c2ccc(C(=O)O)cc2O)c1. The molecule has 0 aliphatic carbocycles. The lowest BCUT2D eigenvalue weighted by atomic mass is 10.0. The summed E-state index contributed by atoms with van der Waals surface area (Å²) in [4.78, 5) is 22.4. The van der Waals surface area contributed by atoms with Gasteiger partial charge < -0.3 is 14.9 Å². The van der Waals surface area contributed by atoms with Crippen LogP contribution in [0.4, 0.5) is 0 Å². The molecule has 6 heteroatoms. The number of esters is 1. The van der Waals surface area contributed by atoms with Crippen LogP contribution in [0.2, 0.25) is 5.02 Å². The van der Waals surface area contributed by atoms with Gasteiger partial charge in [0, 0.05) is 16.1 Å². The Morgan fingerprint density at radius 1 is 1.05 bits per heavy atom. The van der Waals surface area contributed by atoms with Crippen LogP contribution in [0.25, 0.3) is 11.1 Å². The van der Waals surface area contributed by atoms with Crippen molar-refractivity contribution in [2.75, 3.05) is 7.11 Å². The smallest absolute Gasteiger partial charge is 0.337 e. The summed E-state index contributed by atoms with van der Waals surface area (Å²) in [6, 6.07) is 8.39. The minimum atomic E-state index is -1.15. The van der Waals surface area contributed by atoms with Gasteiger partial charge in [-0.05, 0) is 36.4 Å². The van der Waals surface area contributed by atoms with Gasteiger partial charge in [-0.25, -0.2) is 9.59 Å². The zero-order valence-corrected chi connectivity index (χ0v) is 11.7. The summed E-state index contributed by atoms with van der Waals surface area (Å²) in [5.74, 6) is -1.92. The third-order valence-corrected chi connectivity index (χ3v) is 3.25. The molecule has 0 fully saturated rings. The van der Waals surface area contributed by atoms with Gasteiger partial charge in [-0.1, -0.05) is 11.6 Å². The molecule has 21 heavy (non-hydrogen) atoms. The van der Waals surface area contributed by atoms with Gasteiger partial charge in [0.1, 0.15) is 5.75 Å². The maximum atomic E-state index is 11.5. The van der Waals surface area contributed by atoms with Gasteiger partial charge in [0.2, 0.25) is 0 Å². The highest BCUT2D eigenvalue weighted by molar-refractivity contribution is 6.33. The van der Waals surface area contributed by atoms with E-state index in [1.165, 1.54) is 37.4 Å². The number of carbonyl (C=O) groups excluding carboxylic acids is 1. The summed E-state index contributed by atoms with van der Waals surface area (Å²) in [5.41, 5.74) is 0.972. The number of hydrogen-bond donors (Lipinski definition) is 2. The van der Waals surface area contributed by atoms with Crippen molar-refractivity contribution in [3.05, 3.63) is 52.5 Å². The van der Waals surface area contributed by atoms with Crippen LogP contribution in [-0.2, 0) is 4.74 Å². The first kappa shape index (κ1) is 14.9. The Morgan fingerprint density at radius 2 is 1.71 bits per heavy atom. The quantitative estimate of drug-likeness (QED) is 0.851. The van der Waals surface area contributed by atoms with Crippen molar-refractivity contribution in [1.29, 1.82) is 0 Å². The number of halogens is 1. The van der Waals surface area contributed by atoms with E-state index in [-0.39, 0.29) is 16.9 Å². The van der Waals surface area contributed by atoms with Crippen molar-refractivity contribution in [1.82, 2.24) is 0 Å². The molecule has 2 aromatic rings. The van der Waals surface area contributed by atoms with Crippen LogP contribution in [0, 0.1) is 0 Å². The lowest BCUT2D eigenvalue weighted by Gasteiger charge is -2.09. The van der Waals surface area contributed by atoms with Gasteiger partial charge in [0.15, 0.2) is 0 Å². The molecule has 0 heterocycles. The predicted octanol–water partition coefficient (Wildman–Crippen LogP) is 3.20. The van der Waals surface area contributed by atoms with E-state index >= 15 is 0 Å². The number of ether oxygens (including phenoxy) is 1. The number of aromatic hydroxyl groups is 1. The van der Waals surface area contributed by atoms with Gasteiger partial charge >= 0.3 is 11.9 Å². The van der Waals surface area contributed by atoms with Crippen molar-refractivity contribution in [3.63, 3.8) is 0 Å². The number of carbonyl (C=O) groups is 2. The summed E-state index contributed by atoms with van der Waals surface area (Å²) in [6.07, 6.45) is 0.